The van der Waals surface area contributed by atoms with Gasteiger partial charge in [0.15, 0.2) is 0 Å². The Hall–Kier alpha value is -0.740. The summed E-state index contributed by atoms with van der Waals surface area (Å²) in [5.41, 5.74) is -0.510. The molecule has 4 heteroatoms. The first kappa shape index (κ1) is 21.3. The maximum Gasteiger partial charge on any atom is 0.132 e. The molecule has 0 aromatic carbocycles. The van der Waals surface area contributed by atoms with Crippen LogP contribution in [-0.4, -0.2) is 36.0 Å². The summed E-state index contributed by atoms with van der Waals surface area (Å²) in [7, 11) is 0. The van der Waals surface area contributed by atoms with Crippen LogP contribution in [0.3, 0.4) is 0 Å². The molecule has 0 heterocycles. The van der Waals surface area contributed by atoms with E-state index < -0.39 is 0 Å². The summed E-state index contributed by atoms with van der Waals surface area (Å²) in [5, 5.41) is 0. The summed E-state index contributed by atoms with van der Waals surface area (Å²) < 4.78 is 11.9. The summed E-state index contributed by atoms with van der Waals surface area (Å²) in [6.07, 6.45) is 4.33. The number of carbonyl (C=O) groups excluding carboxylic acids is 2. The molecule has 4 nitrogen and oxygen atoms in total. The van der Waals surface area contributed by atoms with Crippen molar-refractivity contribution in [2.75, 3.05) is 13.2 Å². The van der Waals surface area contributed by atoms with Crippen molar-refractivity contribution in [1.29, 1.82) is 0 Å². The second-order valence-electron chi connectivity index (χ2n) is 6.71. The van der Waals surface area contributed by atoms with Crippen molar-refractivity contribution in [3.8, 4) is 0 Å². The number of Topliss-reactive ketones (excluding diaryl/α,β-unsaturated/α-hetero) is 2. The summed E-state index contributed by atoms with van der Waals surface area (Å²) in [6.45, 7) is 12.6. The van der Waals surface area contributed by atoms with E-state index in [2.05, 4.69) is 27.7 Å². The van der Waals surface area contributed by atoms with Crippen LogP contribution in [0.1, 0.15) is 80.1 Å². The van der Waals surface area contributed by atoms with Crippen LogP contribution < -0.4 is 0 Å². The number of carbonyl (C=O) groups is 2. The highest BCUT2D eigenvalue weighted by Crippen LogP contribution is 2.25. The van der Waals surface area contributed by atoms with Gasteiger partial charge in [-0.05, 0) is 53.4 Å². The molecule has 0 saturated carbocycles. The molecule has 0 amide bonds. The molecule has 130 valence electrons. The summed E-state index contributed by atoms with van der Waals surface area (Å²) in [5.74, 6) is 0.353. The SMILES string of the molecule is CCC(C)(CCOC(C)(CC)CCC(C)=O)OCCC(C)=O. The number of ether oxygens (including phenoxy) is 2. The molecule has 0 N–H and O–H groups in total. The minimum Gasteiger partial charge on any atom is -0.375 e. The average Bonchev–Trinajstić information content (AvgIpc) is 2.45. The van der Waals surface area contributed by atoms with Crippen molar-refractivity contribution >= 4 is 11.6 Å². The lowest BCUT2D eigenvalue weighted by Gasteiger charge is -2.33. The third-order valence-corrected chi connectivity index (χ3v) is 4.49. The predicted molar refractivity (Wildman–Crippen MR) is 89.1 cm³/mol. The van der Waals surface area contributed by atoms with Crippen LogP contribution in [-0.2, 0) is 19.1 Å². The van der Waals surface area contributed by atoms with Gasteiger partial charge >= 0.3 is 0 Å². The van der Waals surface area contributed by atoms with E-state index in [-0.39, 0.29) is 22.8 Å². The Morgan fingerprint density at radius 2 is 1.23 bits per heavy atom. The van der Waals surface area contributed by atoms with E-state index in [1.54, 1.807) is 13.8 Å². The highest BCUT2D eigenvalue weighted by atomic mass is 16.5. The molecule has 0 rings (SSSR count). The molecular weight excluding hydrogens is 280 g/mol. The molecule has 2 atom stereocenters. The monoisotopic (exact) mass is 314 g/mol. The van der Waals surface area contributed by atoms with Gasteiger partial charge < -0.3 is 14.3 Å². The van der Waals surface area contributed by atoms with Crippen LogP contribution in [0.15, 0.2) is 0 Å². The van der Waals surface area contributed by atoms with Crippen molar-refractivity contribution < 1.29 is 19.1 Å². The fourth-order valence-electron chi connectivity index (χ4n) is 2.10. The first-order chi connectivity index (χ1) is 10.2. The topological polar surface area (TPSA) is 52.6 Å². The molecule has 0 aromatic heterocycles. The second kappa shape index (κ2) is 10.1. The van der Waals surface area contributed by atoms with Crippen molar-refractivity contribution in [2.45, 2.75) is 91.3 Å². The van der Waals surface area contributed by atoms with Crippen molar-refractivity contribution in [3.63, 3.8) is 0 Å². The number of hydrogen-bond donors (Lipinski definition) is 0. The maximum absolute atomic E-state index is 11.2. The Labute approximate surface area is 135 Å². The standard InChI is InChI=1S/C18H34O4/c1-7-17(5,11-9-15(3)19)22-14-12-18(6,8-2)21-13-10-16(4)20/h7-14H2,1-6H3. The Morgan fingerprint density at radius 3 is 1.68 bits per heavy atom. The minimum atomic E-state index is -0.259. The molecule has 0 spiro atoms. The number of rotatable bonds is 13. The zero-order valence-corrected chi connectivity index (χ0v) is 15.3. The highest BCUT2D eigenvalue weighted by Gasteiger charge is 2.27. The van der Waals surface area contributed by atoms with Crippen LogP contribution in [0, 0.1) is 0 Å². The molecule has 0 aliphatic rings. The largest absolute Gasteiger partial charge is 0.375 e. The van der Waals surface area contributed by atoms with Crippen molar-refractivity contribution in [2.24, 2.45) is 0 Å². The summed E-state index contributed by atoms with van der Waals surface area (Å²) in [6, 6.07) is 0. The Morgan fingerprint density at radius 1 is 0.773 bits per heavy atom. The molecule has 0 radical (unpaired) electrons. The van der Waals surface area contributed by atoms with E-state index in [1.807, 2.05) is 0 Å². The zero-order valence-electron chi connectivity index (χ0n) is 15.3. The summed E-state index contributed by atoms with van der Waals surface area (Å²) in [4.78, 5) is 22.2. The molecule has 0 fully saturated rings. The average molecular weight is 314 g/mol. The number of hydrogen-bond acceptors (Lipinski definition) is 4. The van der Waals surface area contributed by atoms with Gasteiger partial charge in [-0.1, -0.05) is 13.8 Å². The van der Waals surface area contributed by atoms with Crippen LogP contribution >= 0.6 is 0 Å². The molecule has 2 unspecified atom stereocenters. The van der Waals surface area contributed by atoms with Gasteiger partial charge in [-0.25, -0.2) is 0 Å². The van der Waals surface area contributed by atoms with Gasteiger partial charge in [0.1, 0.15) is 11.6 Å². The van der Waals surface area contributed by atoms with E-state index in [4.69, 9.17) is 9.47 Å². The Balaban J connectivity index is 4.29. The molecular formula is C18H34O4. The van der Waals surface area contributed by atoms with Gasteiger partial charge in [0.2, 0.25) is 0 Å². The Kier molecular flexibility index (Phi) is 9.77. The summed E-state index contributed by atoms with van der Waals surface area (Å²) >= 11 is 0. The van der Waals surface area contributed by atoms with Crippen molar-refractivity contribution in [1.82, 2.24) is 0 Å². The van der Waals surface area contributed by atoms with E-state index in [0.717, 1.165) is 25.7 Å². The maximum atomic E-state index is 11.2. The van der Waals surface area contributed by atoms with Gasteiger partial charge in [0.25, 0.3) is 0 Å². The normalized spacial score (nSPS) is 16.8. The quantitative estimate of drug-likeness (QED) is 0.513. The second-order valence-corrected chi connectivity index (χ2v) is 6.71. The third-order valence-electron chi connectivity index (χ3n) is 4.49. The van der Waals surface area contributed by atoms with Crippen LogP contribution in [0.4, 0.5) is 0 Å². The molecule has 0 aromatic rings. The molecule has 0 aliphatic heterocycles. The smallest absolute Gasteiger partial charge is 0.132 e. The highest BCUT2D eigenvalue weighted by molar-refractivity contribution is 5.75. The molecule has 22 heavy (non-hydrogen) atoms. The van der Waals surface area contributed by atoms with Crippen molar-refractivity contribution in [3.05, 3.63) is 0 Å². The van der Waals surface area contributed by atoms with E-state index in [9.17, 15) is 9.59 Å². The minimum absolute atomic E-state index is 0.150. The Bertz CT molecular complexity index is 353. The van der Waals surface area contributed by atoms with Crippen LogP contribution in [0.5, 0.6) is 0 Å². The lowest BCUT2D eigenvalue weighted by atomic mass is 9.95. The van der Waals surface area contributed by atoms with Gasteiger partial charge in [0, 0.05) is 12.8 Å². The van der Waals surface area contributed by atoms with E-state index >= 15 is 0 Å². The first-order valence-corrected chi connectivity index (χ1v) is 8.43. The van der Waals surface area contributed by atoms with E-state index in [0.29, 0.717) is 26.1 Å². The molecule has 0 aliphatic carbocycles. The van der Waals surface area contributed by atoms with E-state index in [1.165, 1.54) is 0 Å². The fourth-order valence-corrected chi connectivity index (χ4v) is 2.10. The lowest BCUT2D eigenvalue weighted by molar-refractivity contribution is -0.123. The van der Waals surface area contributed by atoms with Gasteiger partial charge in [-0.3, -0.25) is 4.79 Å². The first-order valence-electron chi connectivity index (χ1n) is 8.43. The predicted octanol–water partition coefficient (Wildman–Crippen LogP) is 4.10. The molecule has 0 bridgehead atoms. The van der Waals surface area contributed by atoms with Crippen LogP contribution in [0.2, 0.25) is 0 Å². The fraction of sp³-hybridized carbons (Fsp3) is 0.889. The van der Waals surface area contributed by atoms with Crippen LogP contribution in [0.25, 0.3) is 0 Å². The molecule has 0 saturated heterocycles. The zero-order chi connectivity index (χ0) is 17.2. The van der Waals surface area contributed by atoms with Gasteiger partial charge in [-0.2, -0.15) is 0 Å². The lowest BCUT2D eigenvalue weighted by Crippen LogP contribution is -2.34. The van der Waals surface area contributed by atoms with Gasteiger partial charge in [0.05, 0.1) is 24.4 Å². The third kappa shape index (κ3) is 9.31. The number of ketones is 2. The van der Waals surface area contributed by atoms with Gasteiger partial charge in [-0.15, -0.1) is 0 Å².